The van der Waals surface area contributed by atoms with Crippen molar-refractivity contribution in [3.05, 3.63) is 51.3 Å². The number of halogens is 2. The van der Waals surface area contributed by atoms with Crippen molar-refractivity contribution < 1.29 is 23.7 Å². The fourth-order valence-electron chi connectivity index (χ4n) is 8.40. The van der Waals surface area contributed by atoms with Crippen LogP contribution in [0.2, 0.25) is 10.0 Å². The average Bonchev–Trinajstić information content (AvgIpc) is 3.68. The first-order chi connectivity index (χ1) is 22.5. The minimum atomic E-state index is -1.37. The van der Waals surface area contributed by atoms with Crippen molar-refractivity contribution >= 4 is 47.8 Å². The van der Waals surface area contributed by atoms with Gasteiger partial charge in [-0.3, -0.25) is 14.3 Å². The second kappa shape index (κ2) is 12.9. The number of nitrogens with zero attached hydrogens (tertiary/aromatic N) is 3. The van der Waals surface area contributed by atoms with Crippen LogP contribution < -0.4 is 10.6 Å². The molecule has 5 aliphatic rings. The van der Waals surface area contributed by atoms with E-state index in [0.29, 0.717) is 39.7 Å². The molecule has 2 N–H and O–H groups in total. The summed E-state index contributed by atoms with van der Waals surface area (Å²) in [6.45, 7) is 16.8. The lowest BCUT2D eigenvalue weighted by molar-refractivity contribution is -0.199. The van der Waals surface area contributed by atoms with Crippen LogP contribution in [0.3, 0.4) is 0 Å². The summed E-state index contributed by atoms with van der Waals surface area (Å²) >= 11 is 12.8. The van der Waals surface area contributed by atoms with Gasteiger partial charge in [-0.15, -0.1) is 0 Å². The number of oxime groups is 1. The third-order valence-electron chi connectivity index (χ3n) is 11.1. The van der Waals surface area contributed by atoms with E-state index in [4.69, 9.17) is 37.3 Å². The van der Waals surface area contributed by atoms with E-state index < -0.39 is 24.3 Å². The van der Waals surface area contributed by atoms with Crippen LogP contribution in [0.1, 0.15) is 102 Å². The van der Waals surface area contributed by atoms with Crippen molar-refractivity contribution in [2.24, 2.45) is 28.3 Å². The average molecular weight is 701 g/mol. The number of aromatic nitrogens is 2. The molecule has 2 aromatic rings. The molecule has 3 saturated carbocycles. The van der Waals surface area contributed by atoms with Gasteiger partial charge in [0.25, 0.3) is 11.8 Å². The fourth-order valence-corrected chi connectivity index (χ4v) is 8.83. The van der Waals surface area contributed by atoms with Crippen molar-refractivity contribution in [1.82, 2.24) is 20.4 Å². The number of benzene rings is 1. The summed E-state index contributed by atoms with van der Waals surface area (Å²) in [6, 6.07) is 7.31. The highest BCUT2D eigenvalue weighted by Gasteiger charge is 2.68. The first kappa shape index (κ1) is 35.2. The predicted molar refractivity (Wildman–Crippen MR) is 187 cm³/mol. The van der Waals surface area contributed by atoms with E-state index in [1.165, 1.54) is 0 Å². The molecule has 2 amide bonds. The van der Waals surface area contributed by atoms with Crippen LogP contribution in [0.4, 0.5) is 0 Å². The third kappa shape index (κ3) is 6.29. The number of rotatable bonds is 11. The molecule has 0 radical (unpaired) electrons. The third-order valence-corrected chi connectivity index (χ3v) is 11.8. The van der Waals surface area contributed by atoms with E-state index >= 15 is 0 Å². The molecule has 3 heterocycles. The van der Waals surface area contributed by atoms with Crippen LogP contribution >= 0.6 is 23.2 Å². The van der Waals surface area contributed by atoms with Crippen LogP contribution in [0.25, 0.3) is 0 Å². The highest BCUT2D eigenvalue weighted by molar-refractivity contribution is 6.48. The van der Waals surface area contributed by atoms with E-state index in [9.17, 15) is 9.59 Å². The normalized spacial score (nSPS) is 29.3. The molecule has 6 atom stereocenters. The van der Waals surface area contributed by atoms with E-state index in [1.807, 2.05) is 32.0 Å². The molecule has 1 unspecified atom stereocenters. The second-order valence-electron chi connectivity index (χ2n) is 15.7. The molecule has 3 aliphatic carbocycles. The van der Waals surface area contributed by atoms with Crippen molar-refractivity contribution in [1.29, 1.82) is 0 Å². The largest absolute Gasteiger partial charge is 0.481 e. The van der Waals surface area contributed by atoms with Crippen molar-refractivity contribution in [3.8, 4) is 0 Å². The van der Waals surface area contributed by atoms with Gasteiger partial charge in [-0.1, -0.05) is 68.2 Å². The van der Waals surface area contributed by atoms with Crippen molar-refractivity contribution in [2.75, 3.05) is 6.54 Å². The first-order valence-corrected chi connectivity index (χ1v) is 17.9. The monoisotopic (exact) mass is 699 g/mol. The molecule has 10 nitrogen and oxygen atoms in total. The Kier molecular flexibility index (Phi) is 9.50. The number of carbonyl (C=O) groups excluding carboxylic acids is 2. The molecule has 2 aliphatic heterocycles. The number of amides is 2. The van der Waals surface area contributed by atoms with E-state index in [-0.39, 0.29) is 60.4 Å². The smallest absolute Gasteiger partial charge is 0.404 e. The van der Waals surface area contributed by atoms with Gasteiger partial charge in [0.15, 0.2) is 0 Å². The van der Waals surface area contributed by atoms with Crippen LogP contribution in [-0.2, 0) is 25.4 Å². The number of nitrogens with one attached hydrogen (secondary N) is 2. The van der Waals surface area contributed by atoms with Gasteiger partial charge >= 0.3 is 7.12 Å². The Bertz CT molecular complexity index is 1610. The number of aryl methyl sites for hydroxylation is 1. The Labute approximate surface area is 294 Å². The molecular formula is C35H48BCl2N5O5. The quantitative estimate of drug-likeness (QED) is 0.264. The first-order valence-electron chi connectivity index (χ1n) is 17.2. The molecule has 2 bridgehead atoms. The van der Waals surface area contributed by atoms with Crippen LogP contribution in [0.5, 0.6) is 0 Å². The minimum absolute atomic E-state index is 0.00293. The maximum atomic E-state index is 14.5. The predicted octanol–water partition coefficient (Wildman–Crippen LogP) is 6.37. The van der Waals surface area contributed by atoms with Gasteiger partial charge < -0.3 is 24.8 Å². The number of hydrogen-bond acceptors (Lipinski definition) is 7. The van der Waals surface area contributed by atoms with Gasteiger partial charge in [0.2, 0.25) is 5.60 Å². The molecular weight excluding hydrogens is 652 g/mol. The minimum Gasteiger partial charge on any atom is -0.404 e. The summed E-state index contributed by atoms with van der Waals surface area (Å²) in [7, 11) is -0.579. The Hall–Kier alpha value is -2.60. The summed E-state index contributed by atoms with van der Waals surface area (Å²) in [5.41, 5.74) is 0.664. The Morgan fingerprint density at radius 3 is 2.56 bits per heavy atom. The molecule has 1 saturated heterocycles. The van der Waals surface area contributed by atoms with Gasteiger partial charge in [0.1, 0.15) is 5.69 Å². The maximum Gasteiger partial charge on any atom is 0.481 e. The lowest BCUT2D eigenvalue weighted by Crippen LogP contribution is -2.65. The Balaban J connectivity index is 1.20. The zero-order valence-corrected chi connectivity index (χ0v) is 30.7. The lowest BCUT2D eigenvalue weighted by atomic mass is 9.43. The highest BCUT2D eigenvalue weighted by atomic mass is 35.5. The van der Waals surface area contributed by atoms with E-state index in [2.05, 4.69) is 55.5 Å². The summed E-state index contributed by atoms with van der Waals surface area (Å²) in [5, 5.41) is 15.8. The molecule has 4 fully saturated rings. The van der Waals surface area contributed by atoms with E-state index in [0.717, 1.165) is 18.4 Å². The molecule has 1 aromatic carbocycles. The Morgan fingerprint density at radius 2 is 1.90 bits per heavy atom. The number of hydrogen-bond donors (Lipinski definition) is 2. The highest BCUT2D eigenvalue weighted by Crippen LogP contribution is 2.65. The molecule has 260 valence electrons. The lowest BCUT2D eigenvalue weighted by Gasteiger charge is -2.64. The van der Waals surface area contributed by atoms with Gasteiger partial charge in [-0.05, 0) is 87.8 Å². The molecule has 7 rings (SSSR count). The fraction of sp³-hybridized carbons (Fsp3) is 0.657. The van der Waals surface area contributed by atoms with Crippen molar-refractivity contribution in [3.63, 3.8) is 0 Å². The maximum absolute atomic E-state index is 14.5. The molecule has 0 spiro atoms. The second-order valence-corrected chi connectivity index (χ2v) is 16.6. The summed E-state index contributed by atoms with van der Waals surface area (Å²) in [6.07, 6.45) is 3.17. The van der Waals surface area contributed by atoms with Crippen molar-refractivity contribution in [2.45, 2.75) is 117 Å². The van der Waals surface area contributed by atoms with E-state index in [1.54, 1.807) is 17.7 Å². The topological polar surface area (TPSA) is 116 Å². The molecule has 1 aromatic heterocycles. The van der Waals surface area contributed by atoms with Crippen LogP contribution in [-0.4, -0.2) is 64.2 Å². The van der Waals surface area contributed by atoms with Crippen LogP contribution in [0.15, 0.2) is 29.4 Å². The molecule has 48 heavy (non-hydrogen) atoms. The summed E-state index contributed by atoms with van der Waals surface area (Å²) < 4.78 is 15.1. The van der Waals surface area contributed by atoms with Gasteiger partial charge in [0, 0.05) is 23.9 Å². The molecule has 13 heteroatoms. The number of carbonyl (C=O) groups is 2. The van der Waals surface area contributed by atoms with Crippen LogP contribution in [0, 0.1) is 30.1 Å². The van der Waals surface area contributed by atoms with Gasteiger partial charge in [-0.2, -0.15) is 5.10 Å². The Morgan fingerprint density at radius 1 is 1.15 bits per heavy atom. The van der Waals surface area contributed by atoms with Gasteiger partial charge in [-0.25, -0.2) is 0 Å². The standard InChI is InChI=1S/C35H48BCl2N5O5/c1-19(2)12-28(36-46-27-15-23-14-26(33(23,6)7)34(27,8)47-36)40-32(45)35(16-22-10-9-11-24(37)13-22)17-25(42-48-35)18-39-31(44)30-29(38)21(5)41-43(30)20(3)4/h9-11,13,19-20,23,26-28H,12,14-18H2,1-8H3,(H,39,44)(H,40,45)/t23-,26-,27+,28-,34-,35?/m0/s1. The zero-order valence-electron chi connectivity index (χ0n) is 29.2. The van der Waals surface area contributed by atoms with Gasteiger partial charge in [0.05, 0.1) is 40.6 Å². The zero-order chi connectivity index (χ0) is 34.8. The summed E-state index contributed by atoms with van der Waals surface area (Å²) in [4.78, 5) is 33.9. The summed E-state index contributed by atoms with van der Waals surface area (Å²) in [5.74, 6) is 0.212. The SMILES string of the molecule is Cc1nn(C(C)C)c(C(=O)NCC2=NOC(Cc3cccc(Cl)c3)(C(=O)N[C@@H](CC(C)C)B3O[C@@H]4C[C@@H]5C[C@@H](C5(C)C)[C@]4(C)O3)C2)c1Cl.